The lowest BCUT2D eigenvalue weighted by Crippen LogP contribution is -2.21. The van der Waals surface area contributed by atoms with E-state index >= 15 is 0 Å². The van der Waals surface area contributed by atoms with Gasteiger partial charge in [-0.15, -0.1) is 0 Å². The fourth-order valence-electron chi connectivity index (χ4n) is 2.82. The van der Waals surface area contributed by atoms with Crippen LogP contribution < -0.4 is 21.2 Å². The van der Waals surface area contributed by atoms with E-state index in [1.165, 1.54) is 10.6 Å². The van der Waals surface area contributed by atoms with Gasteiger partial charge in [0.1, 0.15) is 5.76 Å². The summed E-state index contributed by atoms with van der Waals surface area (Å²) in [6, 6.07) is 2.19. The molecule has 3 N–H and O–H groups in total. The summed E-state index contributed by atoms with van der Waals surface area (Å²) < 4.78 is 5.51. The Balaban J connectivity index is 2.92. The number of hydrogen-bond acceptors (Lipinski definition) is 3. The zero-order chi connectivity index (χ0) is 20.2. The number of aromatic amines is 1. The van der Waals surface area contributed by atoms with Crippen LogP contribution in [0.1, 0.15) is 46.7 Å². The first-order valence-corrected chi connectivity index (χ1v) is 9.51. The molecule has 0 aliphatic rings. The zero-order valence-electron chi connectivity index (χ0n) is 17.7. The fraction of sp³-hybridized carbons (Fsp3) is 0.391. The fourth-order valence-corrected chi connectivity index (χ4v) is 2.82. The van der Waals surface area contributed by atoms with Gasteiger partial charge in [0.25, 0.3) is 0 Å². The molecule has 0 aliphatic carbocycles. The molecule has 0 aromatic carbocycles. The smallest absolute Gasteiger partial charge is 0.137 e. The Hall–Kier alpha value is -2.62. The predicted molar refractivity (Wildman–Crippen MR) is 117 cm³/mol. The van der Waals surface area contributed by atoms with Gasteiger partial charge < -0.3 is 20.4 Å². The van der Waals surface area contributed by atoms with Crippen LogP contribution in [0.25, 0.3) is 12.2 Å². The van der Waals surface area contributed by atoms with E-state index in [9.17, 15) is 0 Å². The summed E-state index contributed by atoms with van der Waals surface area (Å²) in [5, 5.41) is 9.28. The second-order valence-corrected chi connectivity index (χ2v) is 6.45. The average Bonchev–Trinajstić information content (AvgIpc) is 3.01. The lowest BCUT2D eigenvalue weighted by molar-refractivity contribution is 0.294. The van der Waals surface area contributed by atoms with Crippen LogP contribution in [-0.2, 0) is 11.3 Å². The zero-order valence-corrected chi connectivity index (χ0v) is 17.7. The van der Waals surface area contributed by atoms with Crippen molar-refractivity contribution in [2.45, 2.75) is 47.6 Å². The van der Waals surface area contributed by atoms with Gasteiger partial charge in [0.2, 0.25) is 0 Å². The summed E-state index contributed by atoms with van der Waals surface area (Å²) in [5.41, 5.74) is 4.23. The largest absolute Gasteiger partial charge is 0.495 e. The molecule has 4 heteroatoms. The minimum atomic E-state index is 0.700. The number of nitrogens with one attached hydrogen (secondary N) is 3. The Morgan fingerprint density at radius 1 is 1.26 bits per heavy atom. The second kappa shape index (κ2) is 11.9. The minimum absolute atomic E-state index is 0.700. The van der Waals surface area contributed by atoms with E-state index in [0.29, 0.717) is 13.1 Å². The van der Waals surface area contributed by atoms with Crippen molar-refractivity contribution in [2.75, 3.05) is 13.7 Å². The highest BCUT2D eigenvalue weighted by molar-refractivity contribution is 5.30. The van der Waals surface area contributed by atoms with E-state index in [0.717, 1.165) is 34.8 Å². The van der Waals surface area contributed by atoms with E-state index in [-0.39, 0.29) is 0 Å². The standard InChI is InChI=1S/C23H35N3O/c1-8-11-21-19(9-2)15-20(26-21)16-25-22(23(10-3)27-7)12-13-24-18(6)14-17(4)5/h9-12,14-15,24-26H,4,8,13,16H2,1-3,5-7H3/b18-14-,19-9-,21-11+,22-12?,23-10+. The van der Waals surface area contributed by atoms with E-state index in [1.807, 2.05) is 32.9 Å². The quantitative estimate of drug-likeness (QED) is 0.436. The molecule has 0 amide bonds. The molecule has 0 saturated heterocycles. The van der Waals surface area contributed by atoms with Crippen molar-refractivity contribution >= 4 is 12.2 Å². The maximum Gasteiger partial charge on any atom is 0.137 e. The summed E-state index contributed by atoms with van der Waals surface area (Å²) in [4.78, 5) is 3.49. The van der Waals surface area contributed by atoms with E-state index in [4.69, 9.17) is 4.74 Å². The van der Waals surface area contributed by atoms with Crippen LogP contribution in [-0.4, -0.2) is 18.6 Å². The van der Waals surface area contributed by atoms with Crippen LogP contribution in [0.2, 0.25) is 0 Å². The van der Waals surface area contributed by atoms with Gasteiger partial charge in [-0.05, 0) is 63.6 Å². The Bertz CT molecular complexity index is 822. The number of allylic oxidation sites excluding steroid dienone is 4. The molecule has 0 saturated carbocycles. The van der Waals surface area contributed by atoms with Gasteiger partial charge in [-0.3, -0.25) is 0 Å². The van der Waals surface area contributed by atoms with Gasteiger partial charge in [0.15, 0.2) is 0 Å². The molecule has 1 heterocycles. The topological polar surface area (TPSA) is 49.1 Å². The molecule has 0 aliphatic heterocycles. The van der Waals surface area contributed by atoms with E-state index in [2.05, 4.69) is 60.3 Å². The van der Waals surface area contributed by atoms with Gasteiger partial charge in [-0.2, -0.15) is 0 Å². The summed E-state index contributed by atoms with van der Waals surface area (Å²) in [6.45, 7) is 15.5. The van der Waals surface area contributed by atoms with Crippen LogP contribution in [0.5, 0.6) is 0 Å². The Kier molecular flexibility index (Phi) is 9.88. The molecule has 0 radical (unpaired) electrons. The molecule has 0 fully saturated rings. The molecule has 27 heavy (non-hydrogen) atoms. The molecular weight excluding hydrogens is 334 g/mol. The molecule has 1 aromatic rings. The van der Waals surface area contributed by atoms with Gasteiger partial charge in [0.05, 0.1) is 19.4 Å². The van der Waals surface area contributed by atoms with Crippen LogP contribution in [0.15, 0.2) is 53.6 Å². The van der Waals surface area contributed by atoms with Crippen LogP contribution in [0.3, 0.4) is 0 Å². The van der Waals surface area contributed by atoms with Crippen LogP contribution in [0, 0.1) is 0 Å². The Morgan fingerprint density at radius 3 is 2.56 bits per heavy atom. The SMILES string of the molecule is C=C(C)/C=C(/C)NCC=C(NCc1cc(=C/C)/c(=C\CC)[nH]1)/C(=C\C)OC. The highest BCUT2D eigenvalue weighted by Gasteiger charge is 2.05. The molecule has 0 spiro atoms. The van der Waals surface area contributed by atoms with E-state index < -0.39 is 0 Å². The first-order chi connectivity index (χ1) is 12.9. The summed E-state index contributed by atoms with van der Waals surface area (Å²) >= 11 is 0. The number of ether oxygens (including phenoxy) is 1. The van der Waals surface area contributed by atoms with Crippen molar-refractivity contribution in [1.29, 1.82) is 0 Å². The third kappa shape index (κ3) is 7.65. The third-order valence-corrected chi connectivity index (χ3v) is 4.02. The monoisotopic (exact) mass is 369 g/mol. The molecular formula is C23H35N3O. The first kappa shape index (κ1) is 22.4. The third-order valence-electron chi connectivity index (χ3n) is 4.02. The number of H-pyrrole nitrogens is 1. The van der Waals surface area contributed by atoms with Crippen molar-refractivity contribution in [2.24, 2.45) is 0 Å². The van der Waals surface area contributed by atoms with Gasteiger partial charge in [0, 0.05) is 23.3 Å². The van der Waals surface area contributed by atoms with E-state index in [1.54, 1.807) is 7.11 Å². The average molecular weight is 370 g/mol. The van der Waals surface area contributed by atoms with Crippen LogP contribution in [0.4, 0.5) is 0 Å². The van der Waals surface area contributed by atoms with Crippen molar-refractivity contribution in [3.63, 3.8) is 0 Å². The predicted octanol–water partition coefficient (Wildman–Crippen LogP) is 3.60. The number of aromatic nitrogens is 1. The maximum atomic E-state index is 5.51. The Labute approximate surface area is 164 Å². The summed E-state index contributed by atoms with van der Waals surface area (Å²) in [6.07, 6.45) is 11.4. The maximum absolute atomic E-state index is 5.51. The van der Waals surface area contributed by atoms with Gasteiger partial charge in [-0.25, -0.2) is 0 Å². The van der Waals surface area contributed by atoms with Crippen molar-refractivity contribution < 1.29 is 4.74 Å². The highest BCUT2D eigenvalue weighted by Crippen LogP contribution is 2.08. The number of methoxy groups -OCH3 is 1. The molecule has 1 aromatic heterocycles. The summed E-state index contributed by atoms with van der Waals surface area (Å²) in [5.74, 6) is 0.826. The van der Waals surface area contributed by atoms with Gasteiger partial charge in [-0.1, -0.05) is 31.2 Å². The molecule has 0 atom stereocenters. The van der Waals surface area contributed by atoms with Crippen molar-refractivity contribution in [3.8, 4) is 0 Å². The lowest BCUT2D eigenvalue weighted by atomic mass is 10.2. The van der Waals surface area contributed by atoms with Crippen molar-refractivity contribution in [1.82, 2.24) is 15.6 Å². The number of hydrogen-bond donors (Lipinski definition) is 3. The van der Waals surface area contributed by atoms with Gasteiger partial charge >= 0.3 is 0 Å². The molecule has 1 rings (SSSR count). The normalized spacial score (nSPS) is 14.5. The highest BCUT2D eigenvalue weighted by atomic mass is 16.5. The first-order valence-electron chi connectivity index (χ1n) is 9.51. The molecule has 0 bridgehead atoms. The summed E-state index contributed by atoms with van der Waals surface area (Å²) in [7, 11) is 1.69. The number of rotatable bonds is 10. The molecule has 0 unspecified atom stereocenters. The Morgan fingerprint density at radius 2 is 2.00 bits per heavy atom. The lowest BCUT2D eigenvalue weighted by Gasteiger charge is -2.14. The minimum Gasteiger partial charge on any atom is -0.495 e. The second-order valence-electron chi connectivity index (χ2n) is 6.45. The van der Waals surface area contributed by atoms with Crippen LogP contribution >= 0.6 is 0 Å². The molecule has 148 valence electrons. The van der Waals surface area contributed by atoms with Crippen molar-refractivity contribution in [3.05, 3.63) is 69.9 Å². The molecule has 4 nitrogen and oxygen atoms in total.